The molecule has 96 valence electrons. The second kappa shape index (κ2) is 6.47. The minimum Gasteiger partial charge on any atom is -0.497 e. The number of hydrogen-bond donors (Lipinski definition) is 2. The number of methoxy groups -OCH3 is 1. The van der Waals surface area contributed by atoms with E-state index in [0.29, 0.717) is 24.5 Å². The van der Waals surface area contributed by atoms with Gasteiger partial charge in [0, 0.05) is 18.1 Å². The summed E-state index contributed by atoms with van der Waals surface area (Å²) < 4.78 is 10.7. The van der Waals surface area contributed by atoms with Gasteiger partial charge in [-0.1, -0.05) is 0 Å². The van der Waals surface area contributed by atoms with Crippen LogP contribution >= 0.6 is 0 Å². The molecule has 0 saturated carbocycles. The van der Waals surface area contributed by atoms with Crippen molar-refractivity contribution in [1.29, 1.82) is 0 Å². The Hall–Kier alpha value is -1.26. The number of rotatable bonds is 6. The third kappa shape index (κ3) is 4.24. The molecule has 4 heteroatoms. The van der Waals surface area contributed by atoms with Gasteiger partial charge in [0.15, 0.2) is 0 Å². The largest absolute Gasteiger partial charge is 0.497 e. The highest BCUT2D eigenvalue weighted by Crippen LogP contribution is 2.29. The summed E-state index contributed by atoms with van der Waals surface area (Å²) in [4.78, 5) is 0. The maximum absolute atomic E-state index is 9.61. The van der Waals surface area contributed by atoms with Crippen molar-refractivity contribution in [2.45, 2.75) is 32.5 Å². The molecule has 0 aliphatic heterocycles. The van der Waals surface area contributed by atoms with Gasteiger partial charge in [0.1, 0.15) is 11.5 Å². The molecule has 4 nitrogen and oxygen atoms in total. The minimum absolute atomic E-state index is 0.393. The van der Waals surface area contributed by atoms with E-state index in [1.807, 2.05) is 0 Å². The van der Waals surface area contributed by atoms with Crippen molar-refractivity contribution >= 4 is 0 Å². The van der Waals surface area contributed by atoms with Gasteiger partial charge in [-0.05, 0) is 26.0 Å². The van der Waals surface area contributed by atoms with Gasteiger partial charge in [-0.25, -0.2) is 0 Å². The lowest BCUT2D eigenvalue weighted by molar-refractivity contribution is 0.151. The molecule has 0 aliphatic carbocycles. The Balaban J connectivity index is 2.78. The molecule has 2 N–H and O–H groups in total. The van der Waals surface area contributed by atoms with Crippen LogP contribution in [0.25, 0.3) is 0 Å². The van der Waals surface area contributed by atoms with Gasteiger partial charge in [-0.2, -0.15) is 0 Å². The van der Waals surface area contributed by atoms with Gasteiger partial charge in [-0.15, -0.1) is 0 Å². The van der Waals surface area contributed by atoms with Crippen LogP contribution in [-0.4, -0.2) is 30.0 Å². The highest BCUT2D eigenvalue weighted by Gasteiger charge is 2.10. The number of aliphatic hydroxyl groups excluding tert-OH is 2. The van der Waals surface area contributed by atoms with Crippen LogP contribution in [-0.2, 0) is 0 Å². The van der Waals surface area contributed by atoms with Crippen molar-refractivity contribution in [2.75, 3.05) is 13.7 Å². The van der Waals surface area contributed by atoms with E-state index in [1.165, 1.54) is 0 Å². The summed E-state index contributed by atoms with van der Waals surface area (Å²) in [5.74, 6) is 1.28. The standard InChI is InChI=1S/C13H20O4/c1-9(14)6-7-17-13-8-11(16-3)4-5-12(13)10(2)15/h4-5,8-10,14-15H,6-7H2,1-3H3. The second-order valence-corrected chi connectivity index (χ2v) is 4.07. The SMILES string of the molecule is COc1ccc(C(C)O)c(OCCC(C)O)c1. The van der Waals surface area contributed by atoms with Crippen LogP contribution in [0.5, 0.6) is 11.5 Å². The molecule has 17 heavy (non-hydrogen) atoms. The van der Waals surface area contributed by atoms with E-state index in [4.69, 9.17) is 14.6 Å². The van der Waals surface area contributed by atoms with E-state index in [2.05, 4.69) is 0 Å². The molecule has 0 amide bonds. The molecule has 1 aromatic rings. The maximum Gasteiger partial charge on any atom is 0.128 e. The summed E-state index contributed by atoms with van der Waals surface area (Å²) >= 11 is 0. The fourth-order valence-corrected chi connectivity index (χ4v) is 1.45. The van der Waals surface area contributed by atoms with E-state index in [1.54, 1.807) is 39.2 Å². The highest BCUT2D eigenvalue weighted by atomic mass is 16.5. The molecule has 0 radical (unpaired) electrons. The van der Waals surface area contributed by atoms with Crippen molar-refractivity contribution in [3.8, 4) is 11.5 Å². The van der Waals surface area contributed by atoms with Crippen LogP contribution in [0, 0.1) is 0 Å². The molecule has 0 bridgehead atoms. The molecule has 1 aromatic carbocycles. The smallest absolute Gasteiger partial charge is 0.128 e. The van der Waals surface area contributed by atoms with Crippen LogP contribution in [0.1, 0.15) is 31.9 Å². The van der Waals surface area contributed by atoms with Crippen molar-refractivity contribution < 1.29 is 19.7 Å². The maximum atomic E-state index is 9.61. The lowest BCUT2D eigenvalue weighted by atomic mass is 10.1. The topological polar surface area (TPSA) is 58.9 Å². The van der Waals surface area contributed by atoms with Crippen LogP contribution in [0.3, 0.4) is 0 Å². The van der Waals surface area contributed by atoms with E-state index in [9.17, 15) is 5.11 Å². The van der Waals surface area contributed by atoms with Gasteiger partial charge in [-0.3, -0.25) is 0 Å². The van der Waals surface area contributed by atoms with Gasteiger partial charge in [0.2, 0.25) is 0 Å². The van der Waals surface area contributed by atoms with E-state index >= 15 is 0 Å². The van der Waals surface area contributed by atoms with E-state index in [-0.39, 0.29) is 0 Å². The van der Waals surface area contributed by atoms with Crippen LogP contribution in [0.4, 0.5) is 0 Å². The summed E-state index contributed by atoms with van der Waals surface area (Å²) in [5, 5.41) is 18.8. The first-order valence-electron chi connectivity index (χ1n) is 5.71. The number of benzene rings is 1. The quantitative estimate of drug-likeness (QED) is 0.797. The highest BCUT2D eigenvalue weighted by molar-refractivity contribution is 5.41. The molecule has 0 fully saturated rings. The Morgan fingerprint density at radius 3 is 2.47 bits per heavy atom. The molecular formula is C13H20O4. The van der Waals surface area contributed by atoms with Crippen LogP contribution < -0.4 is 9.47 Å². The van der Waals surface area contributed by atoms with Crippen LogP contribution in [0.15, 0.2) is 18.2 Å². The Bertz CT molecular complexity index is 347. The Labute approximate surface area is 102 Å². The van der Waals surface area contributed by atoms with Crippen molar-refractivity contribution in [2.24, 2.45) is 0 Å². The second-order valence-electron chi connectivity index (χ2n) is 4.07. The third-order valence-corrected chi connectivity index (χ3v) is 2.46. The Morgan fingerprint density at radius 2 is 1.94 bits per heavy atom. The molecule has 1 rings (SSSR count). The molecule has 0 saturated heterocycles. The zero-order valence-electron chi connectivity index (χ0n) is 10.5. The molecular weight excluding hydrogens is 220 g/mol. The average molecular weight is 240 g/mol. The van der Waals surface area contributed by atoms with Gasteiger partial charge in [0.25, 0.3) is 0 Å². The number of aliphatic hydroxyl groups is 2. The summed E-state index contributed by atoms with van der Waals surface area (Å²) in [5.41, 5.74) is 0.719. The Kier molecular flexibility index (Phi) is 5.25. The molecule has 0 aliphatic rings. The average Bonchev–Trinajstić information content (AvgIpc) is 2.28. The molecule has 2 unspecified atom stereocenters. The first kappa shape index (κ1) is 13.8. The lowest BCUT2D eigenvalue weighted by Crippen LogP contribution is -2.09. The summed E-state index contributed by atoms with van der Waals surface area (Å²) in [6.07, 6.45) is -0.436. The van der Waals surface area contributed by atoms with Crippen molar-refractivity contribution in [1.82, 2.24) is 0 Å². The van der Waals surface area contributed by atoms with Gasteiger partial charge in [0.05, 0.1) is 25.9 Å². The first-order chi connectivity index (χ1) is 8.04. The van der Waals surface area contributed by atoms with Crippen molar-refractivity contribution in [3.05, 3.63) is 23.8 Å². The van der Waals surface area contributed by atoms with E-state index in [0.717, 1.165) is 5.56 Å². The fourth-order valence-electron chi connectivity index (χ4n) is 1.45. The zero-order valence-corrected chi connectivity index (χ0v) is 10.5. The fraction of sp³-hybridized carbons (Fsp3) is 0.538. The minimum atomic E-state index is -0.595. The van der Waals surface area contributed by atoms with Crippen LogP contribution in [0.2, 0.25) is 0 Å². The number of hydrogen-bond acceptors (Lipinski definition) is 4. The molecule has 2 atom stereocenters. The van der Waals surface area contributed by atoms with Crippen molar-refractivity contribution in [3.63, 3.8) is 0 Å². The zero-order chi connectivity index (χ0) is 12.8. The van der Waals surface area contributed by atoms with Gasteiger partial charge >= 0.3 is 0 Å². The molecule has 0 heterocycles. The first-order valence-corrected chi connectivity index (χ1v) is 5.71. The molecule has 0 spiro atoms. The predicted octanol–water partition coefficient (Wildman–Crippen LogP) is 1.90. The lowest BCUT2D eigenvalue weighted by Gasteiger charge is -2.15. The monoisotopic (exact) mass is 240 g/mol. The normalized spacial score (nSPS) is 14.2. The molecule has 0 aromatic heterocycles. The Morgan fingerprint density at radius 1 is 1.24 bits per heavy atom. The predicted molar refractivity (Wildman–Crippen MR) is 65.4 cm³/mol. The van der Waals surface area contributed by atoms with E-state index < -0.39 is 12.2 Å². The summed E-state index contributed by atoms with van der Waals surface area (Å²) in [7, 11) is 1.58. The third-order valence-electron chi connectivity index (χ3n) is 2.46. The number of ether oxygens (including phenoxy) is 2. The summed E-state index contributed by atoms with van der Waals surface area (Å²) in [6.45, 7) is 3.80. The summed E-state index contributed by atoms with van der Waals surface area (Å²) in [6, 6.07) is 5.30. The van der Waals surface area contributed by atoms with Gasteiger partial charge < -0.3 is 19.7 Å².